The monoisotopic (exact) mass is 448 g/mol. The molecule has 0 saturated carbocycles. The van der Waals surface area contributed by atoms with E-state index < -0.39 is 4.92 Å². The summed E-state index contributed by atoms with van der Waals surface area (Å²) in [7, 11) is 0. The van der Waals surface area contributed by atoms with E-state index in [0.717, 1.165) is 14.8 Å². The van der Waals surface area contributed by atoms with E-state index >= 15 is 0 Å². The minimum absolute atomic E-state index is 0.00228. The maximum absolute atomic E-state index is 12.3. The van der Waals surface area contributed by atoms with Crippen molar-refractivity contribution >= 4 is 39.9 Å². The summed E-state index contributed by atoms with van der Waals surface area (Å²) in [5.74, 6) is 0.295. The van der Waals surface area contributed by atoms with Crippen molar-refractivity contribution in [3.63, 3.8) is 0 Å². The summed E-state index contributed by atoms with van der Waals surface area (Å²) < 4.78 is 6.67. The van der Waals surface area contributed by atoms with Crippen LogP contribution in [0.5, 0.6) is 0 Å². The number of carbonyl (C=O) groups is 1. The van der Waals surface area contributed by atoms with E-state index in [4.69, 9.17) is 4.42 Å². The second kappa shape index (κ2) is 7.06. The van der Waals surface area contributed by atoms with Crippen LogP contribution in [0.25, 0.3) is 11.3 Å². The van der Waals surface area contributed by atoms with Crippen LogP contribution in [0.15, 0.2) is 59.0 Å². The number of nitrogens with zero attached hydrogens (tertiary/aromatic N) is 1. The van der Waals surface area contributed by atoms with Gasteiger partial charge < -0.3 is 9.73 Å². The van der Waals surface area contributed by atoms with Gasteiger partial charge in [-0.25, -0.2) is 0 Å². The number of hydrogen-bond acceptors (Lipinski definition) is 4. The van der Waals surface area contributed by atoms with Crippen molar-refractivity contribution in [1.29, 1.82) is 0 Å². The van der Waals surface area contributed by atoms with Gasteiger partial charge in [-0.15, -0.1) is 0 Å². The number of nitro groups is 1. The Labute approximate surface area is 157 Å². The van der Waals surface area contributed by atoms with Gasteiger partial charge in [0.25, 0.3) is 11.6 Å². The topological polar surface area (TPSA) is 85.4 Å². The van der Waals surface area contributed by atoms with Crippen molar-refractivity contribution in [3.05, 3.63) is 79.6 Å². The zero-order valence-electron chi connectivity index (χ0n) is 13.2. The zero-order chi connectivity index (χ0) is 18.0. The molecule has 2 aromatic carbocycles. The fourth-order valence-corrected chi connectivity index (χ4v) is 2.96. The quantitative estimate of drug-likeness (QED) is 0.345. The molecule has 0 aliphatic rings. The van der Waals surface area contributed by atoms with Gasteiger partial charge in [0.15, 0.2) is 5.76 Å². The normalized spacial score (nSPS) is 10.5. The second-order valence-electron chi connectivity index (χ2n) is 5.38. The van der Waals surface area contributed by atoms with Crippen molar-refractivity contribution in [1.82, 2.24) is 0 Å². The van der Waals surface area contributed by atoms with Gasteiger partial charge in [-0.3, -0.25) is 14.9 Å². The van der Waals surface area contributed by atoms with Gasteiger partial charge in [-0.2, -0.15) is 0 Å². The Morgan fingerprint density at radius 1 is 1.12 bits per heavy atom. The Bertz CT molecular complexity index is 948. The van der Waals surface area contributed by atoms with Crippen molar-refractivity contribution < 1.29 is 14.1 Å². The molecule has 0 saturated heterocycles. The first-order chi connectivity index (χ1) is 11.9. The third-order valence-electron chi connectivity index (χ3n) is 3.63. The van der Waals surface area contributed by atoms with Gasteiger partial charge in [-0.05, 0) is 77.5 Å². The predicted molar refractivity (Wildman–Crippen MR) is 103 cm³/mol. The summed E-state index contributed by atoms with van der Waals surface area (Å²) in [6.07, 6.45) is 0. The van der Waals surface area contributed by atoms with Crippen LogP contribution < -0.4 is 5.32 Å². The number of furan rings is 1. The lowest BCUT2D eigenvalue weighted by Crippen LogP contribution is -2.11. The lowest BCUT2D eigenvalue weighted by Gasteiger charge is -2.07. The molecule has 0 bridgehead atoms. The number of nitrogens with one attached hydrogen (secondary N) is 1. The van der Waals surface area contributed by atoms with Crippen LogP contribution in [0, 0.1) is 20.6 Å². The molecule has 126 valence electrons. The number of amides is 1. The van der Waals surface area contributed by atoms with Crippen LogP contribution in [0.2, 0.25) is 0 Å². The number of aryl methyl sites for hydroxylation is 1. The Balaban J connectivity index is 1.78. The van der Waals surface area contributed by atoms with Crippen LogP contribution in [-0.2, 0) is 0 Å². The number of hydrogen-bond donors (Lipinski definition) is 1. The molecule has 25 heavy (non-hydrogen) atoms. The third-order valence-corrected chi connectivity index (χ3v) is 4.30. The molecule has 1 aromatic heterocycles. The molecule has 0 aliphatic carbocycles. The Hall–Kier alpha value is -2.68. The lowest BCUT2D eigenvalue weighted by atomic mass is 10.1. The van der Waals surface area contributed by atoms with E-state index in [0.29, 0.717) is 11.3 Å². The van der Waals surface area contributed by atoms with Crippen LogP contribution in [0.3, 0.4) is 0 Å². The molecule has 7 heteroatoms. The summed E-state index contributed by atoms with van der Waals surface area (Å²) in [6.45, 7) is 1.92. The number of anilines is 1. The van der Waals surface area contributed by atoms with Crippen molar-refractivity contribution in [2.75, 3.05) is 5.32 Å². The molecule has 6 nitrogen and oxygen atoms in total. The second-order valence-corrected chi connectivity index (χ2v) is 6.63. The SMILES string of the molecule is Cc1cc(I)ccc1NC(=O)c1ccc(-c2ccc([N+](=O)[O-])cc2)o1. The maximum Gasteiger partial charge on any atom is 0.291 e. The van der Waals surface area contributed by atoms with Gasteiger partial charge in [0, 0.05) is 27.0 Å². The third kappa shape index (κ3) is 3.87. The van der Waals surface area contributed by atoms with E-state index in [9.17, 15) is 14.9 Å². The molecule has 0 fully saturated rings. The first-order valence-corrected chi connectivity index (χ1v) is 8.44. The summed E-state index contributed by atoms with van der Waals surface area (Å²) in [5.41, 5.74) is 2.35. The average molecular weight is 448 g/mol. The largest absolute Gasteiger partial charge is 0.451 e. The van der Waals surface area contributed by atoms with Gasteiger partial charge in [0.2, 0.25) is 0 Å². The Morgan fingerprint density at radius 3 is 2.48 bits per heavy atom. The minimum Gasteiger partial charge on any atom is -0.451 e. The number of benzene rings is 2. The molecule has 3 aromatic rings. The van der Waals surface area contributed by atoms with Crippen LogP contribution in [-0.4, -0.2) is 10.8 Å². The van der Waals surface area contributed by atoms with Crippen LogP contribution >= 0.6 is 22.6 Å². The molecule has 0 spiro atoms. The highest BCUT2D eigenvalue weighted by molar-refractivity contribution is 14.1. The Kier molecular flexibility index (Phi) is 4.84. The summed E-state index contributed by atoms with van der Waals surface area (Å²) in [6, 6.07) is 14.9. The predicted octanol–water partition coefficient (Wildman–Crippen LogP) is 5.02. The highest BCUT2D eigenvalue weighted by atomic mass is 127. The number of non-ortho nitro benzene ring substituents is 1. The molecule has 1 N–H and O–H groups in total. The fourth-order valence-electron chi connectivity index (χ4n) is 2.31. The standard InChI is InChI=1S/C18H13IN2O4/c1-11-10-13(19)4-7-15(11)20-18(22)17-9-8-16(25-17)12-2-5-14(6-3-12)21(23)24/h2-10H,1H3,(H,20,22). The van der Waals surface area contributed by atoms with Crippen molar-refractivity contribution in [2.24, 2.45) is 0 Å². The van der Waals surface area contributed by atoms with Gasteiger partial charge in [0.05, 0.1) is 4.92 Å². The maximum atomic E-state index is 12.3. The van der Waals surface area contributed by atoms with Crippen molar-refractivity contribution in [3.8, 4) is 11.3 Å². The molecule has 0 atom stereocenters. The summed E-state index contributed by atoms with van der Waals surface area (Å²) in [4.78, 5) is 22.6. The summed E-state index contributed by atoms with van der Waals surface area (Å²) >= 11 is 2.21. The first kappa shape index (κ1) is 17.2. The number of carbonyl (C=O) groups excluding carboxylic acids is 1. The molecule has 1 heterocycles. The van der Waals surface area contributed by atoms with E-state index in [1.165, 1.54) is 12.1 Å². The van der Waals surface area contributed by atoms with Gasteiger partial charge >= 0.3 is 0 Å². The summed E-state index contributed by atoms with van der Waals surface area (Å²) in [5, 5.41) is 13.5. The number of rotatable bonds is 4. The minimum atomic E-state index is -0.464. The first-order valence-electron chi connectivity index (χ1n) is 7.36. The highest BCUT2D eigenvalue weighted by Crippen LogP contribution is 2.25. The molecular weight excluding hydrogens is 435 g/mol. The molecule has 1 amide bonds. The zero-order valence-corrected chi connectivity index (χ0v) is 15.3. The van der Waals surface area contributed by atoms with Crippen molar-refractivity contribution in [2.45, 2.75) is 6.92 Å². The fraction of sp³-hybridized carbons (Fsp3) is 0.0556. The number of nitro benzene ring substituents is 1. The molecule has 0 unspecified atom stereocenters. The highest BCUT2D eigenvalue weighted by Gasteiger charge is 2.14. The van der Waals surface area contributed by atoms with Crippen LogP contribution in [0.4, 0.5) is 11.4 Å². The van der Waals surface area contributed by atoms with E-state index in [1.54, 1.807) is 24.3 Å². The van der Waals surface area contributed by atoms with E-state index in [2.05, 4.69) is 27.9 Å². The van der Waals surface area contributed by atoms with E-state index in [1.807, 2.05) is 25.1 Å². The van der Waals surface area contributed by atoms with Crippen LogP contribution in [0.1, 0.15) is 16.1 Å². The van der Waals surface area contributed by atoms with Gasteiger partial charge in [0.1, 0.15) is 5.76 Å². The lowest BCUT2D eigenvalue weighted by molar-refractivity contribution is -0.384. The Morgan fingerprint density at radius 2 is 1.84 bits per heavy atom. The smallest absolute Gasteiger partial charge is 0.291 e. The number of halogens is 1. The molecule has 0 aliphatic heterocycles. The van der Waals surface area contributed by atoms with E-state index in [-0.39, 0.29) is 17.4 Å². The average Bonchev–Trinajstić information content (AvgIpc) is 3.07. The van der Waals surface area contributed by atoms with Gasteiger partial charge in [-0.1, -0.05) is 0 Å². The molecule has 0 radical (unpaired) electrons. The molecular formula is C18H13IN2O4. The molecule has 3 rings (SSSR count).